The van der Waals surface area contributed by atoms with Gasteiger partial charge in [0.2, 0.25) is 0 Å². The fourth-order valence-electron chi connectivity index (χ4n) is 3.66. The minimum Gasteiger partial charge on any atom is -0.496 e. The first-order valence-corrected chi connectivity index (χ1v) is 12.0. The largest absolute Gasteiger partial charge is 0.496 e. The van der Waals surface area contributed by atoms with Crippen molar-refractivity contribution in [3.8, 4) is 11.4 Å². The normalized spacial score (nSPS) is 12.2. The van der Waals surface area contributed by atoms with Crippen LogP contribution in [0, 0.1) is 5.41 Å². The lowest BCUT2D eigenvalue weighted by atomic mass is 9.82. The van der Waals surface area contributed by atoms with Crippen molar-refractivity contribution in [2.75, 3.05) is 7.11 Å². The second kappa shape index (κ2) is 9.90. The SMILES string of the molecule is COc1ccc(-n2nnc(C(C)C)n2)cc1CCCC(C)(C)Cc1csc(C(C)C)n1. The first-order valence-electron chi connectivity index (χ1n) is 11.1. The Morgan fingerprint density at radius 3 is 2.52 bits per heavy atom. The van der Waals surface area contributed by atoms with Gasteiger partial charge in [0.25, 0.3) is 0 Å². The highest BCUT2D eigenvalue weighted by molar-refractivity contribution is 7.09. The molecule has 0 N–H and O–H groups in total. The zero-order valence-electron chi connectivity index (χ0n) is 19.8. The van der Waals surface area contributed by atoms with Gasteiger partial charge in [-0.3, -0.25) is 0 Å². The van der Waals surface area contributed by atoms with E-state index in [1.165, 1.54) is 16.3 Å². The van der Waals surface area contributed by atoms with Crippen LogP contribution in [0.25, 0.3) is 5.69 Å². The molecule has 0 radical (unpaired) electrons. The van der Waals surface area contributed by atoms with Crippen molar-refractivity contribution in [3.05, 3.63) is 45.7 Å². The number of aryl methyl sites for hydroxylation is 1. The monoisotopic (exact) mass is 441 g/mol. The number of benzene rings is 1. The molecule has 0 saturated heterocycles. The number of rotatable bonds is 10. The maximum absolute atomic E-state index is 5.61. The number of thiazole rings is 1. The Morgan fingerprint density at radius 2 is 1.90 bits per heavy atom. The molecule has 3 aromatic rings. The molecule has 31 heavy (non-hydrogen) atoms. The smallest absolute Gasteiger partial charge is 0.177 e. The molecule has 3 rings (SSSR count). The molecule has 6 nitrogen and oxygen atoms in total. The van der Waals surface area contributed by atoms with E-state index < -0.39 is 0 Å². The highest BCUT2D eigenvalue weighted by Gasteiger charge is 2.21. The van der Waals surface area contributed by atoms with Crippen LogP contribution in [-0.4, -0.2) is 32.3 Å². The molecular formula is C24H35N5OS. The Labute approximate surface area is 190 Å². The van der Waals surface area contributed by atoms with Gasteiger partial charge in [-0.05, 0) is 60.1 Å². The summed E-state index contributed by atoms with van der Waals surface area (Å²) in [6, 6.07) is 6.09. The van der Waals surface area contributed by atoms with Crippen molar-refractivity contribution in [2.24, 2.45) is 5.41 Å². The van der Waals surface area contributed by atoms with E-state index in [4.69, 9.17) is 9.72 Å². The molecule has 0 atom stereocenters. The first kappa shape index (κ1) is 23.4. The minimum absolute atomic E-state index is 0.201. The van der Waals surface area contributed by atoms with Crippen LogP contribution in [0.15, 0.2) is 23.6 Å². The van der Waals surface area contributed by atoms with Crippen LogP contribution in [0.5, 0.6) is 5.75 Å². The van der Waals surface area contributed by atoms with Crippen molar-refractivity contribution in [2.45, 2.75) is 79.1 Å². The summed E-state index contributed by atoms with van der Waals surface area (Å²) in [5.41, 5.74) is 3.51. The first-order chi connectivity index (χ1) is 14.7. The average molecular weight is 442 g/mol. The summed E-state index contributed by atoms with van der Waals surface area (Å²) in [5.74, 6) is 2.41. The Hall–Kier alpha value is -2.28. The lowest BCUT2D eigenvalue weighted by Gasteiger charge is -2.24. The van der Waals surface area contributed by atoms with Gasteiger partial charge in [0.05, 0.1) is 23.5 Å². The molecule has 0 spiro atoms. The predicted molar refractivity (Wildman–Crippen MR) is 126 cm³/mol. The molecule has 0 aliphatic rings. The predicted octanol–water partition coefficient (Wildman–Crippen LogP) is 5.97. The maximum atomic E-state index is 5.61. The average Bonchev–Trinajstić information content (AvgIpc) is 3.37. The van der Waals surface area contributed by atoms with E-state index in [-0.39, 0.29) is 11.3 Å². The molecule has 168 valence electrons. The molecule has 0 aliphatic heterocycles. The van der Waals surface area contributed by atoms with Gasteiger partial charge < -0.3 is 4.74 Å². The highest BCUT2D eigenvalue weighted by atomic mass is 32.1. The van der Waals surface area contributed by atoms with E-state index >= 15 is 0 Å². The molecule has 7 heteroatoms. The topological polar surface area (TPSA) is 65.7 Å². The summed E-state index contributed by atoms with van der Waals surface area (Å²) in [5, 5.41) is 16.3. The van der Waals surface area contributed by atoms with Gasteiger partial charge in [-0.1, -0.05) is 41.5 Å². The van der Waals surface area contributed by atoms with Crippen molar-refractivity contribution >= 4 is 11.3 Å². The standard InChI is InChI=1S/C24H35N5OS/c1-16(2)22-26-28-29(27-22)20-10-11-21(30-7)18(13-20)9-8-12-24(5,6)14-19-15-31-23(25-19)17(3)4/h10-11,13,15-17H,8-9,12,14H2,1-7H3. The van der Waals surface area contributed by atoms with Crippen LogP contribution in [0.3, 0.4) is 0 Å². The third-order valence-electron chi connectivity index (χ3n) is 5.46. The molecule has 2 aromatic heterocycles. The molecule has 0 unspecified atom stereocenters. The molecule has 0 fully saturated rings. The van der Waals surface area contributed by atoms with Crippen LogP contribution in [0.2, 0.25) is 0 Å². The van der Waals surface area contributed by atoms with E-state index in [0.29, 0.717) is 5.92 Å². The van der Waals surface area contributed by atoms with E-state index in [1.54, 1.807) is 23.2 Å². The third kappa shape index (κ3) is 6.12. The summed E-state index contributed by atoms with van der Waals surface area (Å²) in [4.78, 5) is 6.43. The van der Waals surface area contributed by atoms with Gasteiger partial charge in [-0.2, -0.15) is 0 Å². The lowest BCUT2D eigenvalue weighted by Crippen LogP contribution is -2.16. The van der Waals surface area contributed by atoms with E-state index in [0.717, 1.165) is 42.9 Å². The van der Waals surface area contributed by atoms with Crippen molar-refractivity contribution in [1.82, 2.24) is 25.2 Å². The van der Waals surface area contributed by atoms with Crippen molar-refractivity contribution in [3.63, 3.8) is 0 Å². The molecule has 0 aliphatic carbocycles. The fraction of sp³-hybridized carbons (Fsp3) is 0.583. The molecule has 0 bridgehead atoms. The van der Waals surface area contributed by atoms with Gasteiger partial charge in [0.15, 0.2) is 5.82 Å². The number of methoxy groups -OCH3 is 1. The lowest BCUT2D eigenvalue weighted by molar-refractivity contribution is 0.319. The van der Waals surface area contributed by atoms with Gasteiger partial charge in [-0.25, -0.2) is 4.98 Å². The van der Waals surface area contributed by atoms with Crippen molar-refractivity contribution < 1.29 is 4.74 Å². The summed E-state index contributed by atoms with van der Waals surface area (Å²) < 4.78 is 5.61. The Bertz CT molecular complexity index is 990. The molecule has 0 amide bonds. The minimum atomic E-state index is 0.201. The summed E-state index contributed by atoms with van der Waals surface area (Å²) in [7, 11) is 1.72. The van der Waals surface area contributed by atoms with Gasteiger partial charge >= 0.3 is 0 Å². The number of aromatic nitrogens is 5. The Kier molecular flexibility index (Phi) is 7.46. The van der Waals surface area contributed by atoms with Crippen LogP contribution in [0.1, 0.15) is 88.3 Å². The summed E-state index contributed by atoms with van der Waals surface area (Å²) in [6.07, 6.45) is 4.15. The number of tetrazole rings is 1. The highest BCUT2D eigenvalue weighted by Crippen LogP contribution is 2.31. The fourth-order valence-corrected chi connectivity index (χ4v) is 4.49. The Morgan fingerprint density at radius 1 is 1.13 bits per heavy atom. The van der Waals surface area contributed by atoms with Crippen LogP contribution in [0.4, 0.5) is 0 Å². The Balaban J connectivity index is 1.65. The molecule has 2 heterocycles. The number of hydrogen-bond acceptors (Lipinski definition) is 6. The molecular weight excluding hydrogens is 406 g/mol. The van der Waals surface area contributed by atoms with Gasteiger partial charge in [0, 0.05) is 17.2 Å². The molecule has 1 aromatic carbocycles. The maximum Gasteiger partial charge on any atom is 0.177 e. The van der Waals surface area contributed by atoms with Gasteiger partial charge in [-0.15, -0.1) is 26.3 Å². The number of hydrogen-bond donors (Lipinski definition) is 0. The zero-order valence-corrected chi connectivity index (χ0v) is 20.7. The van der Waals surface area contributed by atoms with Crippen LogP contribution in [-0.2, 0) is 12.8 Å². The number of ether oxygens (including phenoxy) is 1. The van der Waals surface area contributed by atoms with Crippen LogP contribution >= 0.6 is 11.3 Å². The van der Waals surface area contributed by atoms with E-state index in [1.807, 2.05) is 12.1 Å². The molecule has 0 saturated carbocycles. The van der Waals surface area contributed by atoms with E-state index in [2.05, 4.69) is 68.4 Å². The van der Waals surface area contributed by atoms with Gasteiger partial charge in [0.1, 0.15) is 5.75 Å². The van der Waals surface area contributed by atoms with Crippen LogP contribution < -0.4 is 4.74 Å². The van der Waals surface area contributed by atoms with Crippen molar-refractivity contribution in [1.29, 1.82) is 0 Å². The third-order valence-corrected chi connectivity index (χ3v) is 6.66. The zero-order chi connectivity index (χ0) is 22.6. The second-order valence-electron chi connectivity index (χ2n) is 9.61. The second-order valence-corrected chi connectivity index (χ2v) is 10.5. The summed E-state index contributed by atoms with van der Waals surface area (Å²) in [6.45, 7) is 13.2. The quantitative estimate of drug-likeness (QED) is 0.388. The summed E-state index contributed by atoms with van der Waals surface area (Å²) >= 11 is 1.78. The van der Waals surface area contributed by atoms with E-state index in [9.17, 15) is 0 Å². The number of nitrogens with zero attached hydrogens (tertiary/aromatic N) is 5.